The lowest BCUT2D eigenvalue weighted by Crippen LogP contribution is -2.41. The molecule has 0 aliphatic heterocycles. The summed E-state index contributed by atoms with van der Waals surface area (Å²) in [7, 11) is 0. The molecule has 1 N–H and O–H groups in total. The zero-order chi connectivity index (χ0) is 21.4. The maximum atomic E-state index is 12.8. The lowest BCUT2D eigenvalue weighted by molar-refractivity contribution is -0.125. The van der Waals surface area contributed by atoms with Crippen LogP contribution < -0.4 is 5.32 Å². The number of carbonyl (C=O) groups excluding carboxylic acids is 1. The molecule has 1 aliphatic rings. The fraction of sp³-hybridized carbons (Fsp3) is 0.417. The Morgan fingerprint density at radius 1 is 1.23 bits per heavy atom. The average Bonchev–Trinajstić information content (AvgIpc) is 3.13. The van der Waals surface area contributed by atoms with E-state index in [0.717, 1.165) is 36.3 Å². The predicted octanol–water partition coefficient (Wildman–Crippen LogP) is 3.82. The third-order valence-electron chi connectivity index (χ3n) is 6.42. The zero-order valence-electron chi connectivity index (χ0n) is 17.8. The predicted molar refractivity (Wildman–Crippen MR) is 116 cm³/mol. The number of pyridine rings is 1. The maximum Gasteiger partial charge on any atom is 0.231 e. The first-order chi connectivity index (χ1) is 14.4. The summed E-state index contributed by atoms with van der Waals surface area (Å²) in [4.78, 5) is 16.1. The van der Waals surface area contributed by atoms with Crippen LogP contribution in [0.2, 0.25) is 0 Å². The van der Waals surface area contributed by atoms with Crippen LogP contribution >= 0.6 is 0 Å². The minimum Gasteiger partial charge on any atom is -0.348 e. The van der Waals surface area contributed by atoms with Gasteiger partial charge in [0.05, 0.1) is 17.4 Å². The molecule has 1 amide bonds. The van der Waals surface area contributed by atoms with Crippen LogP contribution in [-0.4, -0.2) is 33.6 Å². The molecule has 6 nitrogen and oxygen atoms in total. The molecule has 0 radical (unpaired) electrons. The molecule has 6 heteroatoms. The Balaban J connectivity index is 1.76. The van der Waals surface area contributed by atoms with Gasteiger partial charge in [-0.3, -0.25) is 9.20 Å². The molecule has 0 unspecified atom stereocenters. The summed E-state index contributed by atoms with van der Waals surface area (Å²) >= 11 is 0. The molecule has 2 aromatic heterocycles. The second kappa shape index (κ2) is 7.56. The van der Waals surface area contributed by atoms with Crippen molar-refractivity contribution < 1.29 is 4.79 Å². The molecule has 0 atom stereocenters. The van der Waals surface area contributed by atoms with E-state index in [1.807, 2.05) is 32.2 Å². The quantitative estimate of drug-likeness (QED) is 0.504. The van der Waals surface area contributed by atoms with E-state index in [4.69, 9.17) is 6.57 Å². The highest BCUT2D eigenvalue weighted by molar-refractivity contribution is 5.89. The van der Waals surface area contributed by atoms with Gasteiger partial charge in [-0.05, 0) is 45.2 Å². The molecule has 0 spiro atoms. The van der Waals surface area contributed by atoms with Gasteiger partial charge in [0.1, 0.15) is 5.82 Å². The molecule has 1 fully saturated rings. The van der Waals surface area contributed by atoms with Crippen molar-refractivity contribution in [1.29, 1.82) is 0 Å². The summed E-state index contributed by atoms with van der Waals surface area (Å²) in [5.41, 5.74) is 3.15. The van der Waals surface area contributed by atoms with Crippen LogP contribution in [0.15, 0.2) is 42.6 Å². The van der Waals surface area contributed by atoms with Crippen molar-refractivity contribution in [2.75, 3.05) is 13.1 Å². The number of rotatable bonds is 6. The molecule has 1 saturated carbocycles. The summed E-state index contributed by atoms with van der Waals surface area (Å²) < 4.78 is 2.06. The number of hydrogen-bond donors (Lipinski definition) is 1. The van der Waals surface area contributed by atoms with Crippen molar-refractivity contribution in [3.05, 3.63) is 76.5 Å². The Morgan fingerprint density at radius 2 is 1.97 bits per heavy atom. The Kier molecular flexibility index (Phi) is 5.07. The number of hydrogen-bond acceptors (Lipinski definition) is 3. The van der Waals surface area contributed by atoms with Crippen LogP contribution in [0, 0.1) is 13.5 Å². The highest BCUT2D eigenvalue weighted by Crippen LogP contribution is 2.48. The molecule has 1 aromatic carbocycles. The van der Waals surface area contributed by atoms with E-state index < -0.39 is 5.41 Å². The van der Waals surface area contributed by atoms with Gasteiger partial charge in [0, 0.05) is 11.8 Å². The van der Waals surface area contributed by atoms with E-state index in [1.165, 1.54) is 11.1 Å². The molecule has 0 saturated heterocycles. The lowest BCUT2D eigenvalue weighted by Gasteiger charge is -2.41. The number of aromatic nitrogens is 3. The standard InChI is InChI=1S/C24H27N5O/c1-17-8-10-18(11-9-17)24(12-6-13-24)21-28-27-20-19(7-5-16-29(20)21)23(2,3)22(30)26-15-14-25-4/h5,7-11,16H,6,12-15H2,1-3H3,(H,26,30). The zero-order valence-corrected chi connectivity index (χ0v) is 17.8. The number of fused-ring (bicyclic) bond motifs is 1. The van der Waals surface area contributed by atoms with Gasteiger partial charge in [-0.1, -0.05) is 42.3 Å². The van der Waals surface area contributed by atoms with Crippen molar-refractivity contribution in [2.24, 2.45) is 0 Å². The van der Waals surface area contributed by atoms with E-state index in [0.29, 0.717) is 6.54 Å². The van der Waals surface area contributed by atoms with Crippen LogP contribution in [0.25, 0.3) is 10.5 Å². The van der Waals surface area contributed by atoms with Crippen LogP contribution in [0.3, 0.4) is 0 Å². The molecule has 1 aliphatic carbocycles. The van der Waals surface area contributed by atoms with Crippen molar-refractivity contribution in [3.63, 3.8) is 0 Å². The molecule has 4 rings (SSSR count). The van der Waals surface area contributed by atoms with E-state index in [9.17, 15) is 4.79 Å². The largest absolute Gasteiger partial charge is 0.348 e. The van der Waals surface area contributed by atoms with E-state index in [-0.39, 0.29) is 17.9 Å². The van der Waals surface area contributed by atoms with Gasteiger partial charge < -0.3 is 10.2 Å². The summed E-state index contributed by atoms with van der Waals surface area (Å²) in [6, 6.07) is 12.6. The summed E-state index contributed by atoms with van der Waals surface area (Å²) in [6.07, 6.45) is 5.25. The van der Waals surface area contributed by atoms with Crippen LogP contribution in [0.4, 0.5) is 0 Å². The van der Waals surface area contributed by atoms with Crippen molar-refractivity contribution >= 4 is 11.6 Å². The van der Waals surface area contributed by atoms with Gasteiger partial charge in [0.25, 0.3) is 0 Å². The van der Waals surface area contributed by atoms with Crippen molar-refractivity contribution in [1.82, 2.24) is 19.9 Å². The number of nitrogens with one attached hydrogen (secondary N) is 1. The van der Waals surface area contributed by atoms with Gasteiger partial charge in [-0.15, -0.1) is 10.2 Å². The molecular formula is C24H27N5O. The normalized spacial score (nSPS) is 15.4. The number of amides is 1. The third kappa shape index (κ3) is 3.15. The number of nitrogens with zero attached hydrogens (tertiary/aromatic N) is 4. The number of carbonyl (C=O) groups is 1. The Bertz CT molecular complexity index is 1120. The Labute approximate surface area is 177 Å². The van der Waals surface area contributed by atoms with Gasteiger partial charge in [-0.2, -0.15) is 0 Å². The van der Waals surface area contributed by atoms with Crippen LogP contribution in [0.1, 0.15) is 55.6 Å². The van der Waals surface area contributed by atoms with Gasteiger partial charge >= 0.3 is 0 Å². The fourth-order valence-electron chi connectivity index (χ4n) is 4.34. The summed E-state index contributed by atoms with van der Waals surface area (Å²) in [5, 5.41) is 12.0. The molecule has 30 heavy (non-hydrogen) atoms. The number of aryl methyl sites for hydroxylation is 1. The van der Waals surface area contributed by atoms with Crippen LogP contribution in [-0.2, 0) is 15.6 Å². The highest BCUT2D eigenvalue weighted by atomic mass is 16.2. The second-order valence-corrected chi connectivity index (χ2v) is 8.70. The minimum atomic E-state index is -0.786. The first-order valence-electron chi connectivity index (χ1n) is 10.4. The van der Waals surface area contributed by atoms with E-state index >= 15 is 0 Å². The Hall–Kier alpha value is -3.20. The average molecular weight is 402 g/mol. The van der Waals surface area contributed by atoms with E-state index in [1.54, 1.807) is 0 Å². The smallest absolute Gasteiger partial charge is 0.231 e. The summed E-state index contributed by atoms with van der Waals surface area (Å²) in [6.45, 7) is 13.4. The molecule has 154 valence electrons. The third-order valence-corrected chi connectivity index (χ3v) is 6.42. The number of benzene rings is 1. The second-order valence-electron chi connectivity index (χ2n) is 8.70. The minimum absolute atomic E-state index is 0.110. The van der Waals surface area contributed by atoms with Crippen molar-refractivity contribution in [3.8, 4) is 0 Å². The fourth-order valence-corrected chi connectivity index (χ4v) is 4.34. The van der Waals surface area contributed by atoms with Crippen LogP contribution in [0.5, 0.6) is 0 Å². The van der Waals surface area contributed by atoms with Gasteiger partial charge in [0.2, 0.25) is 12.5 Å². The lowest BCUT2D eigenvalue weighted by atomic mass is 9.63. The molecule has 3 aromatic rings. The first kappa shape index (κ1) is 20.1. The topological polar surface area (TPSA) is 63.7 Å². The van der Waals surface area contributed by atoms with E-state index in [2.05, 4.69) is 55.9 Å². The highest BCUT2D eigenvalue weighted by Gasteiger charge is 2.44. The van der Waals surface area contributed by atoms with Gasteiger partial charge in [-0.25, -0.2) is 6.57 Å². The molecule has 2 heterocycles. The first-order valence-corrected chi connectivity index (χ1v) is 10.4. The monoisotopic (exact) mass is 401 g/mol. The molecule has 0 bridgehead atoms. The maximum absolute atomic E-state index is 12.8. The van der Waals surface area contributed by atoms with Gasteiger partial charge in [0.15, 0.2) is 5.65 Å². The Morgan fingerprint density at radius 3 is 2.60 bits per heavy atom. The SMILES string of the molecule is [C-]#[N+]CCNC(=O)C(C)(C)c1cccn2c(C3(c4ccc(C)cc4)CCC3)nnc12. The summed E-state index contributed by atoms with van der Waals surface area (Å²) in [5.74, 6) is 0.833. The molecular weight excluding hydrogens is 374 g/mol. The van der Waals surface area contributed by atoms with Crippen molar-refractivity contribution in [2.45, 2.75) is 50.9 Å².